The van der Waals surface area contributed by atoms with Crippen molar-refractivity contribution in [3.63, 3.8) is 0 Å². The maximum Gasteiger partial charge on any atom is 0.227 e. The highest BCUT2D eigenvalue weighted by Gasteiger charge is 2.32. The zero-order valence-corrected chi connectivity index (χ0v) is 11.2. The maximum atomic E-state index is 12.2. The summed E-state index contributed by atoms with van der Waals surface area (Å²) in [6, 6.07) is 3.84. The minimum Gasteiger partial charge on any atom is -0.369 e. The number of rotatable bonds is 3. The van der Waals surface area contributed by atoms with Crippen LogP contribution < -0.4 is 5.73 Å². The second-order valence-corrected chi connectivity index (χ2v) is 5.35. The van der Waals surface area contributed by atoms with E-state index in [4.69, 9.17) is 5.73 Å². The molecule has 0 aliphatic carbocycles. The monoisotopic (exact) mass is 260 g/mol. The van der Waals surface area contributed by atoms with Crippen LogP contribution in [0.5, 0.6) is 0 Å². The lowest BCUT2D eigenvalue weighted by molar-refractivity contribution is -0.133. The highest BCUT2D eigenvalue weighted by molar-refractivity contribution is 5.94. The van der Waals surface area contributed by atoms with Crippen LogP contribution in [0.1, 0.15) is 25.1 Å². The number of carbonyl (C=O) groups excluding carboxylic acids is 2. The molecule has 0 atom stereocenters. The lowest BCUT2D eigenvalue weighted by atomic mass is 9.87. The van der Waals surface area contributed by atoms with Crippen molar-refractivity contribution in [2.45, 2.75) is 26.8 Å². The second-order valence-electron chi connectivity index (χ2n) is 5.35. The van der Waals surface area contributed by atoms with Crippen molar-refractivity contribution in [3.8, 4) is 0 Å². The van der Waals surface area contributed by atoms with Gasteiger partial charge in [0.1, 0.15) is 0 Å². The van der Waals surface area contributed by atoms with Crippen molar-refractivity contribution in [3.05, 3.63) is 36.0 Å². The van der Waals surface area contributed by atoms with E-state index in [1.807, 2.05) is 12.1 Å². The molecule has 2 amide bonds. The summed E-state index contributed by atoms with van der Waals surface area (Å²) >= 11 is 0. The van der Waals surface area contributed by atoms with E-state index < -0.39 is 11.3 Å². The van der Waals surface area contributed by atoms with Crippen molar-refractivity contribution in [1.82, 2.24) is 9.88 Å². The minimum atomic E-state index is -0.924. The molecular weight excluding hydrogens is 242 g/mol. The molecule has 2 N–H and O–H groups in total. The number of carbonyl (C=O) groups is 2. The van der Waals surface area contributed by atoms with Crippen LogP contribution in [-0.4, -0.2) is 28.2 Å². The smallest absolute Gasteiger partial charge is 0.227 e. The molecule has 0 saturated carbocycles. The van der Waals surface area contributed by atoms with E-state index in [-0.39, 0.29) is 5.91 Å². The number of amides is 2. The van der Waals surface area contributed by atoms with Crippen LogP contribution in [0, 0.1) is 11.8 Å². The van der Waals surface area contributed by atoms with Gasteiger partial charge in [0, 0.05) is 31.4 Å². The Kier molecular flexibility index (Phi) is 3.55. The van der Waals surface area contributed by atoms with Gasteiger partial charge in [0.2, 0.25) is 11.8 Å². The Labute approximate surface area is 112 Å². The quantitative estimate of drug-likeness (QED) is 0.868. The number of hydrogen-bond acceptors (Lipinski definition) is 3. The summed E-state index contributed by atoms with van der Waals surface area (Å²) in [7, 11) is 0. The number of primary amides is 1. The number of nitrogens with two attached hydrogens (primary N) is 1. The third-order valence-electron chi connectivity index (χ3n) is 3.40. The lowest BCUT2D eigenvalue weighted by Gasteiger charge is -2.30. The molecular formula is C14H18N3O2. The van der Waals surface area contributed by atoms with Gasteiger partial charge >= 0.3 is 0 Å². The van der Waals surface area contributed by atoms with Gasteiger partial charge in [0.15, 0.2) is 0 Å². The van der Waals surface area contributed by atoms with Crippen molar-refractivity contribution in [2.24, 2.45) is 11.1 Å². The molecule has 5 nitrogen and oxygen atoms in total. The van der Waals surface area contributed by atoms with Gasteiger partial charge in [-0.05, 0) is 11.6 Å². The first-order valence-electron chi connectivity index (χ1n) is 6.27. The summed E-state index contributed by atoms with van der Waals surface area (Å²) in [4.78, 5) is 29.4. The van der Waals surface area contributed by atoms with Gasteiger partial charge in [-0.1, -0.05) is 19.9 Å². The zero-order valence-electron chi connectivity index (χ0n) is 11.2. The zero-order chi connectivity index (χ0) is 14.0. The van der Waals surface area contributed by atoms with Gasteiger partial charge in [0.25, 0.3) is 0 Å². The molecule has 0 bridgehead atoms. The molecule has 5 heteroatoms. The summed E-state index contributed by atoms with van der Waals surface area (Å²) < 4.78 is 0. The molecule has 19 heavy (non-hydrogen) atoms. The van der Waals surface area contributed by atoms with Crippen molar-refractivity contribution < 1.29 is 9.59 Å². The molecule has 1 aromatic rings. The molecule has 1 aliphatic heterocycles. The van der Waals surface area contributed by atoms with Crippen LogP contribution in [0.3, 0.4) is 0 Å². The van der Waals surface area contributed by atoms with Crippen LogP contribution >= 0.6 is 0 Å². The third kappa shape index (κ3) is 2.92. The standard InChI is InChI=1S/C14H18N3O2/c1-14(2,13(15)19)8-12(18)17-7-5-11-10(9-17)4-3-6-16-11/h3-4,6,8H,5,7,9H2,1-2H3,(H2,15,19). The predicted molar refractivity (Wildman–Crippen MR) is 70.6 cm³/mol. The highest BCUT2D eigenvalue weighted by Crippen LogP contribution is 2.23. The van der Waals surface area contributed by atoms with Gasteiger partial charge in [-0.25, -0.2) is 0 Å². The summed E-state index contributed by atoms with van der Waals surface area (Å²) in [5.41, 5.74) is 6.45. The molecule has 0 fully saturated rings. The van der Waals surface area contributed by atoms with Crippen molar-refractivity contribution >= 4 is 11.8 Å². The van der Waals surface area contributed by atoms with Gasteiger partial charge in [0.05, 0.1) is 11.8 Å². The van der Waals surface area contributed by atoms with Gasteiger partial charge in [-0.15, -0.1) is 0 Å². The number of aromatic nitrogens is 1. The summed E-state index contributed by atoms with van der Waals surface area (Å²) in [6.07, 6.45) is 3.90. The van der Waals surface area contributed by atoms with E-state index in [1.54, 1.807) is 24.9 Å². The Hall–Kier alpha value is -1.91. The van der Waals surface area contributed by atoms with Gasteiger partial charge in [-0.3, -0.25) is 14.6 Å². The lowest BCUT2D eigenvalue weighted by Crippen LogP contribution is -2.42. The number of nitrogens with zero attached hydrogens (tertiary/aromatic N) is 2. The number of hydrogen-bond donors (Lipinski definition) is 1. The van der Waals surface area contributed by atoms with E-state index in [9.17, 15) is 9.59 Å². The van der Waals surface area contributed by atoms with Gasteiger partial charge in [-0.2, -0.15) is 0 Å². The van der Waals surface area contributed by atoms with E-state index in [0.717, 1.165) is 17.7 Å². The molecule has 0 aromatic carbocycles. The molecule has 1 aromatic heterocycles. The molecule has 101 valence electrons. The molecule has 0 spiro atoms. The fourth-order valence-corrected chi connectivity index (χ4v) is 2.03. The van der Waals surface area contributed by atoms with Gasteiger partial charge < -0.3 is 10.6 Å². The molecule has 1 aliphatic rings. The Morgan fingerprint density at radius 2 is 2.21 bits per heavy atom. The first-order chi connectivity index (χ1) is 8.90. The largest absolute Gasteiger partial charge is 0.369 e. The molecule has 2 heterocycles. The van der Waals surface area contributed by atoms with E-state index in [0.29, 0.717) is 13.1 Å². The highest BCUT2D eigenvalue weighted by atomic mass is 16.2. The normalized spacial score (nSPS) is 14.9. The molecule has 0 unspecified atom stereocenters. The molecule has 1 radical (unpaired) electrons. The second kappa shape index (κ2) is 4.99. The van der Waals surface area contributed by atoms with Crippen LogP contribution in [0.15, 0.2) is 18.3 Å². The van der Waals surface area contributed by atoms with Crippen LogP contribution in [0.25, 0.3) is 0 Å². The Morgan fingerprint density at radius 1 is 1.47 bits per heavy atom. The average Bonchev–Trinajstić information content (AvgIpc) is 2.37. The van der Waals surface area contributed by atoms with E-state index in [1.165, 1.54) is 6.42 Å². The summed E-state index contributed by atoms with van der Waals surface area (Å²) in [5.74, 6) is -0.654. The van der Waals surface area contributed by atoms with Crippen molar-refractivity contribution in [2.75, 3.05) is 6.54 Å². The van der Waals surface area contributed by atoms with Crippen molar-refractivity contribution in [1.29, 1.82) is 0 Å². The number of pyridine rings is 1. The first kappa shape index (κ1) is 13.5. The Balaban J connectivity index is 2.05. The fraction of sp³-hybridized carbons (Fsp3) is 0.429. The van der Waals surface area contributed by atoms with Crippen LogP contribution in [0.2, 0.25) is 0 Å². The average molecular weight is 260 g/mol. The van der Waals surface area contributed by atoms with E-state index in [2.05, 4.69) is 4.98 Å². The first-order valence-corrected chi connectivity index (χ1v) is 6.27. The van der Waals surface area contributed by atoms with E-state index >= 15 is 0 Å². The Morgan fingerprint density at radius 3 is 2.89 bits per heavy atom. The van der Waals surface area contributed by atoms with Crippen LogP contribution in [0.4, 0.5) is 0 Å². The molecule has 0 saturated heterocycles. The minimum absolute atomic E-state index is 0.154. The molecule has 2 rings (SSSR count). The summed E-state index contributed by atoms with van der Waals surface area (Å²) in [6.45, 7) is 4.45. The summed E-state index contributed by atoms with van der Waals surface area (Å²) in [5, 5.41) is 0. The SMILES string of the molecule is CC(C)([CH]C(=O)N1CCc2ncccc2C1)C(N)=O. The maximum absolute atomic E-state index is 12.2. The number of fused-ring (bicyclic) bond motifs is 1. The topological polar surface area (TPSA) is 76.3 Å². The Bertz CT molecular complexity index is 511. The van der Waals surface area contributed by atoms with Crippen LogP contribution in [-0.2, 0) is 22.6 Å². The predicted octanol–water partition coefficient (Wildman–Crippen LogP) is 0.682. The fourth-order valence-electron chi connectivity index (χ4n) is 2.03. The third-order valence-corrected chi connectivity index (χ3v) is 3.40.